The summed E-state index contributed by atoms with van der Waals surface area (Å²) in [7, 11) is 0. The summed E-state index contributed by atoms with van der Waals surface area (Å²) in [6.07, 6.45) is 3.49. The van der Waals surface area contributed by atoms with E-state index in [0.29, 0.717) is 10.3 Å². The third kappa shape index (κ3) is 1.68. The Kier molecular flexibility index (Phi) is 2.24. The van der Waals surface area contributed by atoms with Gasteiger partial charge in [0.2, 0.25) is 4.47 Å². The summed E-state index contributed by atoms with van der Waals surface area (Å²) >= 11 is 6.87. The van der Waals surface area contributed by atoms with Crippen molar-refractivity contribution >= 4 is 23.1 Å². The summed E-state index contributed by atoms with van der Waals surface area (Å²) < 4.78 is 4.56. The summed E-state index contributed by atoms with van der Waals surface area (Å²) in [6.45, 7) is 1.99. The van der Waals surface area contributed by atoms with Gasteiger partial charge in [-0.25, -0.2) is 4.98 Å². The lowest BCUT2D eigenvalue weighted by atomic mass is 10.1. The molecule has 5 heteroatoms. The Morgan fingerprint density at radius 3 is 2.92 bits per heavy atom. The highest BCUT2D eigenvalue weighted by Crippen LogP contribution is 2.22. The van der Waals surface area contributed by atoms with E-state index in [1.165, 1.54) is 11.5 Å². The smallest absolute Gasteiger partial charge is 0.203 e. The first-order valence-electron chi connectivity index (χ1n) is 3.67. The average Bonchev–Trinajstić information content (AvgIpc) is 2.53. The molecule has 3 nitrogen and oxygen atoms in total. The molecule has 2 rings (SSSR count). The number of hydrogen-bond donors (Lipinski definition) is 0. The molecule has 0 saturated carbocycles. The van der Waals surface area contributed by atoms with Crippen LogP contribution in [0.15, 0.2) is 18.5 Å². The lowest BCUT2D eigenvalue weighted by molar-refractivity contribution is 1.24. The molecule has 13 heavy (non-hydrogen) atoms. The topological polar surface area (TPSA) is 38.7 Å². The van der Waals surface area contributed by atoms with Gasteiger partial charge in [0.15, 0.2) is 5.82 Å². The molecular weight excluding hydrogens is 206 g/mol. The summed E-state index contributed by atoms with van der Waals surface area (Å²) in [5.74, 6) is 0.653. The molecule has 0 aliphatic rings. The van der Waals surface area contributed by atoms with E-state index < -0.39 is 0 Å². The zero-order chi connectivity index (χ0) is 9.26. The maximum atomic E-state index is 5.69. The van der Waals surface area contributed by atoms with E-state index in [1.54, 1.807) is 12.4 Å². The van der Waals surface area contributed by atoms with Crippen LogP contribution in [0.5, 0.6) is 0 Å². The van der Waals surface area contributed by atoms with Crippen molar-refractivity contribution in [3.8, 4) is 11.4 Å². The van der Waals surface area contributed by atoms with Gasteiger partial charge < -0.3 is 0 Å². The van der Waals surface area contributed by atoms with Gasteiger partial charge in [0.05, 0.1) is 0 Å². The van der Waals surface area contributed by atoms with Crippen molar-refractivity contribution in [2.75, 3.05) is 0 Å². The average molecular weight is 212 g/mol. The largest absolute Gasteiger partial charge is 0.264 e. The molecule has 2 aromatic heterocycles. The normalized spacial score (nSPS) is 10.3. The van der Waals surface area contributed by atoms with E-state index in [9.17, 15) is 0 Å². The van der Waals surface area contributed by atoms with Crippen LogP contribution in [0, 0.1) is 6.92 Å². The van der Waals surface area contributed by atoms with Gasteiger partial charge in [-0.2, -0.15) is 4.37 Å². The predicted octanol–water partition coefficient (Wildman–Crippen LogP) is 2.56. The molecule has 0 amide bonds. The van der Waals surface area contributed by atoms with E-state index >= 15 is 0 Å². The van der Waals surface area contributed by atoms with Gasteiger partial charge >= 0.3 is 0 Å². The van der Waals surface area contributed by atoms with Crippen molar-refractivity contribution in [2.45, 2.75) is 6.92 Å². The van der Waals surface area contributed by atoms with Crippen molar-refractivity contribution < 1.29 is 0 Å². The lowest BCUT2D eigenvalue weighted by Crippen LogP contribution is -1.85. The summed E-state index contributed by atoms with van der Waals surface area (Å²) in [5, 5.41) is 0. The third-order valence-corrected chi connectivity index (χ3v) is 2.48. The monoisotopic (exact) mass is 211 g/mol. The molecule has 0 radical (unpaired) electrons. The van der Waals surface area contributed by atoms with Gasteiger partial charge in [-0.15, -0.1) is 0 Å². The molecule has 0 unspecified atom stereocenters. The molecule has 0 aliphatic heterocycles. The predicted molar refractivity (Wildman–Crippen MR) is 52.9 cm³/mol. The molecule has 66 valence electrons. The minimum absolute atomic E-state index is 0.457. The van der Waals surface area contributed by atoms with Gasteiger partial charge in [-0.1, -0.05) is 0 Å². The molecule has 0 aliphatic carbocycles. The van der Waals surface area contributed by atoms with Crippen LogP contribution in [-0.2, 0) is 0 Å². The highest BCUT2D eigenvalue weighted by Gasteiger charge is 2.06. The van der Waals surface area contributed by atoms with Gasteiger partial charge in [0.25, 0.3) is 0 Å². The van der Waals surface area contributed by atoms with Crippen molar-refractivity contribution in [2.24, 2.45) is 0 Å². The summed E-state index contributed by atoms with van der Waals surface area (Å²) in [5.41, 5.74) is 2.04. The minimum Gasteiger partial charge on any atom is -0.264 e. The fourth-order valence-electron chi connectivity index (χ4n) is 1.01. The SMILES string of the molecule is Cc1ccncc1-c1nsc(Cl)n1. The van der Waals surface area contributed by atoms with Crippen molar-refractivity contribution in [3.63, 3.8) is 0 Å². The molecule has 0 bridgehead atoms. The quantitative estimate of drug-likeness (QED) is 0.728. The maximum absolute atomic E-state index is 5.69. The van der Waals surface area contributed by atoms with Crippen LogP contribution < -0.4 is 0 Å². The van der Waals surface area contributed by atoms with E-state index in [4.69, 9.17) is 11.6 Å². The van der Waals surface area contributed by atoms with E-state index in [1.807, 2.05) is 13.0 Å². The molecule has 0 N–H and O–H groups in total. The van der Waals surface area contributed by atoms with Crippen LogP contribution in [0.25, 0.3) is 11.4 Å². The highest BCUT2D eigenvalue weighted by atomic mass is 35.5. The Hall–Kier alpha value is -1.00. The number of nitrogens with zero attached hydrogens (tertiary/aromatic N) is 3. The standard InChI is InChI=1S/C8H6ClN3S/c1-5-2-3-10-4-6(5)7-11-8(9)13-12-7/h2-4H,1H3. The third-order valence-electron chi connectivity index (χ3n) is 1.68. The van der Waals surface area contributed by atoms with Crippen LogP contribution in [0.2, 0.25) is 4.47 Å². The fraction of sp³-hybridized carbons (Fsp3) is 0.125. The molecule has 0 atom stereocenters. The second kappa shape index (κ2) is 3.40. The van der Waals surface area contributed by atoms with Crippen molar-refractivity contribution in [1.29, 1.82) is 0 Å². The number of aryl methyl sites for hydroxylation is 1. The number of pyridine rings is 1. The highest BCUT2D eigenvalue weighted by molar-refractivity contribution is 7.10. The first kappa shape index (κ1) is 8.59. The van der Waals surface area contributed by atoms with E-state index in [0.717, 1.165) is 11.1 Å². The summed E-state index contributed by atoms with van der Waals surface area (Å²) in [6, 6.07) is 1.92. The zero-order valence-electron chi connectivity index (χ0n) is 6.86. The van der Waals surface area contributed by atoms with Gasteiger partial charge in [0, 0.05) is 18.0 Å². The summed E-state index contributed by atoms with van der Waals surface area (Å²) in [4.78, 5) is 8.09. The molecule has 0 aromatic carbocycles. The second-order valence-electron chi connectivity index (χ2n) is 2.56. The van der Waals surface area contributed by atoms with E-state index in [-0.39, 0.29) is 0 Å². The number of halogens is 1. The van der Waals surface area contributed by atoms with Crippen LogP contribution in [0.3, 0.4) is 0 Å². The molecule has 0 saturated heterocycles. The molecular formula is C8H6ClN3S. The molecule has 2 heterocycles. The van der Waals surface area contributed by atoms with Crippen molar-refractivity contribution in [3.05, 3.63) is 28.5 Å². The van der Waals surface area contributed by atoms with Gasteiger partial charge in [0.1, 0.15) is 0 Å². The minimum atomic E-state index is 0.457. The second-order valence-corrected chi connectivity index (χ2v) is 3.90. The number of hydrogen-bond acceptors (Lipinski definition) is 4. The van der Waals surface area contributed by atoms with Crippen LogP contribution >= 0.6 is 23.1 Å². The molecule has 0 spiro atoms. The lowest BCUT2D eigenvalue weighted by Gasteiger charge is -1.97. The molecule has 0 fully saturated rings. The Bertz CT molecular complexity index is 427. The number of rotatable bonds is 1. The fourth-order valence-corrected chi connectivity index (χ4v) is 1.62. The van der Waals surface area contributed by atoms with Crippen molar-refractivity contribution in [1.82, 2.24) is 14.3 Å². The van der Waals surface area contributed by atoms with Crippen LogP contribution in [0.4, 0.5) is 0 Å². The maximum Gasteiger partial charge on any atom is 0.203 e. The van der Waals surface area contributed by atoms with Gasteiger partial charge in [-0.3, -0.25) is 4.98 Å². The first-order chi connectivity index (χ1) is 6.27. The number of aromatic nitrogens is 3. The molecule has 2 aromatic rings. The Morgan fingerprint density at radius 2 is 2.31 bits per heavy atom. The van der Waals surface area contributed by atoms with Crippen LogP contribution in [-0.4, -0.2) is 14.3 Å². The van der Waals surface area contributed by atoms with Crippen LogP contribution in [0.1, 0.15) is 5.56 Å². The first-order valence-corrected chi connectivity index (χ1v) is 4.82. The van der Waals surface area contributed by atoms with E-state index in [2.05, 4.69) is 14.3 Å². The van der Waals surface area contributed by atoms with Gasteiger partial charge in [-0.05, 0) is 41.7 Å². The Morgan fingerprint density at radius 1 is 1.46 bits per heavy atom. The zero-order valence-corrected chi connectivity index (χ0v) is 8.43. The Balaban J connectivity index is 2.52. The Labute approximate surface area is 84.6 Å².